The van der Waals surface area contributed by atoms with Crippen molar-refractivity contribution in [2.75, 3.05) is 0 Å². The van der Waals surface area contributed by atoms with Crippen LogP contribution in [0.5, 0.6) is 0 Å². The highest BCUT2D eigenvalue weighted by atomic mass is 16.4. The van der Waals surface area contributed by atoms with Crippen molar-refractivity contribution in [1.29, 1.82) is 0 Å². The number of carboxylic acids is 4. The molecule has 0 saturated heterocycles. The Morgan fingerprint density at radius 3 is 1.00 bits per heavy atom. The van der Waals surface area contributed by atoms with Crippen LogP contribution < -0.4 is 0 Å². The van der Waals surface area contributed by atoms with Crippen molar-refractivity contribution in [3.63, 3.8) is 0 Å². The molecular formula is C24H38N4O8. The van der Waals surface area contributed by atoms with Crippen molar-refractivity contribution >= 4 is 23.9 Å². The molecule has 202 valence electrons. The average molecular weight is 511 g/mol. The molecule has 2 rings (SSSR count). The summed E-state index contributed by atoms with van der Waals surface area (Å²) in [6.45, 7) is 6.41. The molecule has 0 bridgehead atoms. The third-order valence-electron chi connectivity index (χ3n) is 5.26. The molecular weight excluding hydrogens is 472 g/mol. The van der Waals surface area contributed by atoms with Gasteiger partial charge in [0, 0.05) is 37.9 Å². The molecule has 2 aromatic heterocycles. The van der Waals surface area contributed by atoms with Crippen LogP contribution in [-0.4, -0.2) is 63.4 Å². The average Bonchev–Trinajstić information content (AvgIpc) is 3.42. The molecule has 12 heteroatoms. The maximum atomic E-state index is 9.10. The Hall–Kier alpha value is -3.70. The van der Waals surface area contributed by atoms with Gasteiger partial charge in [-0.25, -0.2) is 29.1 Å². The summed E-state index contributed by atoms with van der Waals surface area (Å²) in [4.78, 5) is 44.9. The van der Waals surface area contributed by atoms with Crippen LogP contribution >= 0.6 is 0 Å². The van der Waals surface area contributed by atoms with E-state index in [1.165, 1.54) is 64.2 Å². The lowest BCUT2D eigenvalue weighted by Gasteiger charge is -2.06. The molecule has 0 aromatic carbocycles. The third kappa shape index (κ3) is 16.8. The molecule has 0 aliphatic heterocycles. The fourth-order valence-corrected chi connectivity index (χ4v) is 3.26. The summed E-state index contributed by atoms with van der Waals surface area (Å²) in [5.41, 5.74) is 0. The molecule has 2 aromatic rings. The molecule has 36 heavy (non-hydrogen) atoms. The lowest BCUT2D eigenvalue weighted by Crippen LogP contribution is -2.09. The van der Waals surface area contributed by atoms with Crippen LogP contribution in [0, 0.1) is 13.8 Å². The number of carbonyl (C=O) groups is 4. The minimum atomic E-state index is -1.82. The number of aliphatic carboxylic acids is 4. The van der Waals surface area contributed by atoms with Gasteiger partial charge in [-0.2, -0.15) is 0 Å². The molecule has 0 aliphatic carbocycles. The van der Waals surface area contributed by atoms with Crippen LogP contribution in [0.1, 0.15) is 75.9 Å². The van der Waals surface area contributed by atoms with Gasteiger partial charge in [0.05, 0.1) is 0 Å². The number of unbranched alkanes of at least 4 members (excludes halogenated alkanes) is 9. The lowest BCUT2D eigenvalue weighted by molar-refractivity contribution is -0.159. The third-order valence-corrected chi connectivity index (χ3v) is 5.26. The Bertz CT molecular complexity index is 825. The fraction of sp³-hybridized carbons (Fsp3) is 0.583. The molecule has 2 heterocycles. The lowest BCUT2D eigenvalue weighted by atomic mass is 10.1. The first-order valence-corrected chi connectivity index (χ1v) is 11.9. The van der Waals surface area contributed by atoms with Gasteiger partial charge in [0.15, 0.2) is 0 Å². The van der Waals surface area contributed by atoms with E-state index in [1.807, 2.05) is 12.4 Å². The Labute approximate surface area is 210 Å². The monoisotopic (exact) mass is 510 g/mol. The van der Waals surface area contributed by atoms with E-state index in [-0.39, 0.29) is 0 Å². The molecule has 0 amide bonds. The van der Waals surface area contributed by atoms with E-state index in [0.717, 1.165) is 24.7 Å². The highest BCUT2D eigenvalue weighted by Crippen LogP contribution is 2.12. The molecule has 0 aliphatic rings. The van der Waals surface area contributed by atoms with Crippen LogP contribution in [0.3, 0.4) is 0 Å². The standard InChI is InChI=1S/C20H34N4.2C2H2O4/c1-19-21-13-17-23(19)15-11-9-7-5-3-4-6-8-10-12-16-24-18-14-22-20(24)2;2*3-1(4)2(5)6/h13-14,17-18H,3-12,15-16H2,1-2H3;2*(H,3,4)(H,5,6). The zero-order valence-corrected chi connectivity index (χ0v) is 21.0. The second kappa shape index (κ2) is 19.6. The molecule has 0 spiro atoms. The van der Waals surface area contributed by atoms with Crippen molar-refractivity contribution in [1.82, 2.24) is 19.1 Å². The second-order valence-electron chi connectivity index (χ2n) is 8.09. The largest absolute Gasteiger partial charge is 0.473 e. The quantitative estimate of drug-likeness (QED) is 0.229. The van der Waals surface area contributed by atoms with Gasteiger partial charge in [0.25, 0.3) is 0 Å². The first-order valence-electron chi connectivity index (χ1n) is 11.9. The molecule has 0 unspecified atom stereocenters. The normalized spacial score (nSPS) is 9.94. The van der Waals surface area contributed by atoms with Gasteiger partial charge in [-0.15, -0.1) is 0 Å². The number of hydrogen-bond donors (Lipinski definition) is 4. The summed E-state index contributed by atoms with van der Waals surface area (Å²) in [5.74, 6) is -5.02. The minimum Gasteiger partial charge on any atom is -0.473 e. The van der Waals surface area contributed by atoms with Crippen molar-refractivity contribution < 1.29 is 39.6 Å². The first-order chi connectivity index (χ1) is 17.1. The Morgan fingerprint density at radius 1 is 0.556 bits per heavy atom. The van der Waals surface area contributed by atoms with Crippen molar-refractivity contribution in [3.8, 4) is 0 Å². The fourth-order valence-electron chi connectivity index (χ4n) is 3.26. The highest BCUT2D eigenvalue weighted by molar-refractivity contribution is 6.27. The Balaban J connectivity index is 0.000000846. The predicted octanol–water partition coefficient (Wildman–Crippen LogP) is 3.61. The van der Waals surface area contributed by atoms with Gasteiger partial charge in [-0.3, -0.25) is 0 Å². The van der Waals surface area contributed by atoms with E-state index in [4.69, 9.17) is 39.6 Å². The zero-order chi connectivity index (χ0) is 27.3. The van der Waals surface area contributed by atoms with E-state index in [0.29, 0.717) is 0 Å². The maximum Gasteiger partial charge on any atom is 0.414 e. The number of aryl methyl sites for hydroxylation is 4. The first kappa shape index (κ1) is 32.3. The number of aromatic nitrogens is 4. The summed E-state index contributed by atoms with van der Waals surface area (Å²) in [5, 5.41) is 29.6. The summed E-state index contributed by atoms with van der Waals surface area (Å²) >= 11 is 0. The summed E-state index contributed by atoms with van der Waals surface area (Å²) in [6, 6.07) is 0. The van der Waals surface area contributed by atoms with Crippen molar-refractivity contribution in [3.05, 3.63) is 36.4 Å². The molecule has 4 N–H and O–H groups in total. The van der Waals surface area contributed by atoms with E-state index in [1.54, 1.807) is 0 Å². The van der Waals surface area contributed by atoms with Gasteiger partial charge >= 0.3 is 23.9 Å². The molecule has 0 fully saturated rings. The SMILES string of the molecule is Cc1nccn1CCCCCCCCCCCCn1ccnc1C.O=C(O)C(=O)O.O=C(O)C(=O)O. The van der Waals surface area contributed by atoms with Crippen LogP contribution in [0.4, 0.5) is 0 Å². The van der Waals surface area contributed by atoms with Gasteiger partial charge < -0.3 is 29.6 Å². The van der Waals surface area contributed by atoms with Crippen LogP contribution in [0.2, 0.25) is 0 Å². The number of rotatable bonds is 13. The molecule has 0 radical (unpaired) electrons. The summed E-state index contributed by atoms with van der Waals surface area (Å²) in [7, 11) is 0. The number of hydrogen-bond acceptors (Lipinski definition) is 6. The summed E-state index contributed by atoms with van der Waals surface area (Å²) < 4.78 is 4.51. The topological polar surface area (TPSA) is 185 Å². The second-order valence-corrected chi connectivity index (χ2v) is 8.09. The number of carboxylic acid groups (broad SMARTS) is 4. The van der Waals surface area contributed by atoms with E-state index in [9.17, 15) is 0 Å². The maximum absolute atomic E-state index is 9.10. The van der Waals surface area contributed by atoms with Crippen LogP contribution in [0.15, 0.2) is 24.8 Å². The van der Waals surface area contributed by atoms with E-state index in [2.05, 4.69) is 45.3 Å². The van der Waals surface area contributed by atoms with E-state index >= 15 is 0 Å². The number of nitrogens with zero attached hydrogens (tertiary/aromatic N) is 4. The van der Waals surface area contributed by atoms with Crippen molar-refractivity contribution in [2.45, 2.75) is 91.1 Å². The molecule has 12 nitrogen and oxygen atoms in total. The number of imidazole rings is 2. The summed E-state index contributed by atoms with van der Waals surface area (Å²) in [6.07, 6.45) is 21.6. The van der Waals surface area contributed by atoms with Crippen molar-refractivity contribution in [2.24, 2.45) is 0 Å². The van der Waals surface area contributed by atoms with E-state index < -0.39 is 23.9 Å². The highest BCUT2D eigenvalue weighted by Gasteiger charge is 2.04. The molecule has 0 saturated carbocycles. The van der Waals surface area contributed by atoms with Gasteiger partial charge in [0.1, 0.15) is 11.6 Å². The predicted molar refractivity (Wildman–Crippen MR) is 131 cm³/mol. The van der Waals surface area contributed by atoms with Crippen LogP contribution in [0.25, 0.3) is 0 Å². The zero-order valence-electron chi connectivity index (χ0n) is 21.0. The van der Waals surface area contributed by atoms with Crippen LogP contribution in [-0.2, 0) is 32.3 Å². The van der Waals surface area contributed by atoms with Gasteiger partial charge in [-0.1, -0.05) is 51.4 Å². The minimum absolute atomic E-state index is 1.13. The Kier molecular flexibility index (Phi) is 17.6. The smallest absolute Gasteiger partial charge is 0.414 e. The van der Waals surface area contributed by atoms with Gasteiger partial charge in [-0.05, 0) is 26.7 Å². The Morgan fingerprint density at radius 2 is 0.806 bits per heavy atom. The molecule has 0 atom stereocenters. The van der Waals surface area contributed by atoms with Gasteiger partial charge in [0.2, 0.25) is 0 Å².